The first kappa shape index (κ1) is 27.5. The molecule has 9 nitrogen and oxygen atoms in total. The number of benzene rings is 1. The first-order valence-corrected chi connectivity index (χ1v) is 12.7. The maximum Gasteiger partial charge on any atom is 0.411 e. The van der Waals surface area contributed by atoms with E-state index < -0.39 is 28.6 Å². The minimum atomic E-state index is -1.08. The Bertz CT molecular complexity index is 1030. The van der Waals surface area contributed by atoms with Gasteiger partial charge in [0, 0.05) is 25.1 Å². The van der Waals surface area contributed by atoms with Gasteiger partial charge in [0.1, 0.15) is 23.0 Å². The number of hydrogen-bond donors (Lipinski definition) is 1. The molecule has 1 heterocycles. The van der Waals surface area contributed by atoms with Crippen LogP contribution in [0.3, 0.4) is 0 Å². The largest absolute Gasteiger partial charge is 0.512 e. The van der Waals surface area contributed by atoms with Crippen molar-refractivity contribution in [1.29, 1.82) is 0 Å². The molecule has 9 heteroatoms. The second-order valence-electron chi connectivity index (χ2n) is 11.3. The van der Waals surface area contributed by atoms with Crippen LogP contribution in [0.5, 0.6) is 0 Å². The van der Waals surface area contributed by atoms with E-state index in [9.17, 15) is 24.8 Å². The zero-order chi connectivity index (χ0) is 26.8. The molecule has 3 rings (SSSR count). The summed E-state index contributed by atoms with van der Waals surface area (Å²) < 4.78 is 11.6. The van der Waals surface area contributed by atoms with Gasteiger partial charge in [-0.15, -0.1) is 0 Å². The van der Waals surface area contributed by atoms with E-state index in [0.717, 1.165) is 19.3 Å². The van der Waals surface area contributed by atoms with Crippen molar-refractivity contribution in [2.75, 3.05) is 6.54 Å². The number of rotatable bonds is 5. The summed E-state index contributed by atoms with van der Waals surface area (Å²) in [6, 6.07) is 4.66. The van der Waals surface area contributed by atoms with Crippen LogP contribution in [0.2, 0.25) is 0 Å². The average molecular weight is 503 g/mol. The molecule has 0 radical (unpaired) electrons. The highest BCUT2D eigenvalue weighted by molar-refractivity contribution is 5.92. The lowest BCUT2D eigenvalue weighted by molar-refractivity contribution is -0.384. The predicted molar refractivity (Wildman–Crippen MR) is 134 cm³/mol. The summed E-state index contributed by atoms with van der Waals surface area (Å²) in [6.07, 6.45) is 1.78. The fraction of sp³-hybridized carbons (Fsp3) is 0.630. The molecule has 1 saturated carbocycles. The second-order valence-corrected chi connectivity index (χ2v) is 11.3. The molecular weight excluding hydrogens is 464 g/mol. The van der Waals surface area contributed by atoms with Crippen LogP contribution in [0.4, 0.5) is 10.5 Å². The molecule has 0 saturated heterocycles. The summed E-state index contributed by atoms with van der Waals surface area (Å²) in [7, 11) is 0. The number of carbonyl (C=O) groups excluding carboxylic acids is 2. The Balaban J connectivity index is 2.03. The number of nitrogens with zero attached hydrogens (tertiary/aromatic N) is 2. The van der Waals surface area contributed by atoms with Crippen LogP contribution in [0.25, 0.3) is 0 Å². The van der Waals surface area contributed by atoms with Gasteiger partial charge in [0.15, 0.2) is 0 Å². The lowest BCUT2D eigenvalue weighted by atomic mass is 9.75. The third-order valence-electron chi connectivity index (χ3n) is 6.95. The van der Waals surface area contributed by atoms with E-state index in [1.807, 2.05) is 0 Å². The molecule has 2 aliphatic rings. The average Bonchev–Trinajstić information content (AvgIpc) is 2.77. The van der Waals surface area contributed by atoms with Crippen molar-refractivity contribution in [2.45, 2.75) is 85.0 Å². The van der Waals surface area contributed by atoms with E-state index in [-0.39, 0.29) is 42.0 Å². The van der Waals surface area contributed by atoms with Gasteiger partial charge in [0.05, 0.1) is 11.0 Å². The minimum absolute atomic E-state index is 0.0454. The monoisotopic (exact) mass is 502 g/mol. The number of aliphatic hydroxyl groups excluding tert-OH is 1. The summed E-state index contributed by atoms with van der Waals surface area (Å²) in [5.74, 6) is 0.0191. The first-order valence-electron chi connectivity index (χ1n) is 12.7. The van der Waals surface area contributed by atoms with Crippen LogP contribution >= 0.6 is 0 Å². The summed E-state index contributed by atoms with van der Waals surface area (Å²) in [5, 5.41) is 22.4. The molecule has 1 aromatic carbocycles. The SMILES string of the molecule is CC(C)[C@@H]1CC[C@@H](C)C[C@H]1OC(=O)C1=C(O)CCN(C(=O)OC(C)(C)C)[C@@H]1c1cccc([N+](=O)[O-])c1. The highest BCUT2D eigenvalue weighted by atomic mass is 16.6. The van der Waals surface area contributed by atoms with E-state index in [0.29, 0.717) is 17.4 Å². The molecule has 0 spiro atoms. The van der Waals surface area contributed by atoms with Gasteiger partial charge in [0.25, 0.3) is 5.69 Å². The number of amides is 1. The van der Waals surface area contributed by atoms with E-state index in [1.165, 1.54) is 23.1 Å². The van der Waals surface area contributed by atoms with Gasteiger partial charge in [-0.2, -0.15) is 0 Å². The lowest BCUT2D eigenvalue weighted by Crippen LogP contribution is -2.45. The zero-order valence-electron chi connectivity index (χ0n) is 22.0. The lowest BCUT2D eigenvalue weighted by Gasteiger charge is -2.40. The van der Waals surface area contributed by atoms with E-state index in [1.54, 1.807) is 26.8 Å². The van der Waals surface area contributed by atoms with E-state index in [4.69, 9.17) is 9.47 Å². The third kappa shape index (κ3) is 6.36. The fourth-order valence-electron chi connectivity index (χ4n) is 5.16. The molecule has 1 amide bonds. The van der Waals surface area contributed by atoms with Gasteiger partial charge >= 0.3 is 12.1 Å². The number of carbonyl (C=O) groups is 2. The van der Waals surface area contributed by atoms with Crippen LogP contribution in [-0.2, 0) is 14.3 Å². The standard InChI is InChI=1S/C27H38N2O7/c1-16(2)20-11-10-17(3)14-22(20)35-25(31)23-21(30)12-13-28(26(32)36-27(4,5)6)24(23)18-8-7-9-19(15-18)29(33)34/h7-9,15-17,20,22,24,30H,10-14H2,1-6H3/t17-,20+,22-,24-/m1/s1. The number of nitro groups is 1. The van der Waals surface area contributed by atoms with Crippen LogP contribution in [-0.4, -0.2) is 45.2 Å². The normalized spacial score (nSPS) is 25.0. The quantitative estimate of drug-likeness (QED) is 0.294. The minimum Gasteiger partial charge on any atom is -0.512 e. The number of esters is 1. The van der Waals surface area contributed by atoms with Gasteiger partial charge in [0.2, 0.25) is 0 Å². The van der Waals surface area contributed by atoms with Gasteiger partial charge in [-0.1, -0.05) is 39.3 Å². The van der Waals surface area contributed by atoms with Crippen LogP contribution in [0.15, 0.2) is 35.6 Å². The van der Waals surface area contributed by atoms with Crippen molar-refractivity contribution in [3.05, 3.63) is 51.3 Å². The molecule has 0 bridgehead atoms. The Kier molecular flexibility index (Phi) is 8.31. The number of nitro benzene ring substituents is 1. The summed E-state index contributed by atoms with van der Waals surface area (Å²) in [6.45, 7) is 11.6. The van der Waals surface area contributed by atoms with Crippen molar-refractivity contribution in [3.63, 3.8) is 0 Å². The number of non-ortho nitro benzene ring substituents is 1. The van der Waals surface area contributed by atoms with Crippen LogP contribution in [0, 0.1) is 27.9 Å². The van der Waals surface area contributed by atoms with Crippen LogP contribution in [0.1, 0.15) is 78.8 Å². The van der Waals surface area contributed by atoms with E-state index in [2.05, 4.69) is 20.8 Å². The predicted octanol–water partition coefficient (Wildman–Crippen LogP) is 6.09. The smallest absolute Gasteiger partial charge is 0.411 e. The zero-order valence-corrected chi connectivity index (χ0v) is 22.0. The Hall–Kier alpha value is -3.10. The molecular formula is C27H38N2O7. The third-order valence-corrected chi connectivity index (χ3v) is 6.95. The van der Waals surface area contributed by atoms with Gasteiger partial charge in [-0.05, 0) is 56.9 Å². The maximum atomic E-state index is 13.7. The van der Waals surface area contributed by atoms with E-state index >= 15 is 0 Å². The molecule has 0 unspecified atom stereocenters. The summed E-state index contributed by atoms with van der Waals surface area (Å²) in [4.78, 5) is 39.1. The summed E-state index contributed by atoms with van der Waals surface area (Å²) in [5.41, 5.74) is -0.730. The highest BCUT2D eigenvalue weighted by Crippen LogP contribution is 2.40. The number of aliphatic hydroxyl groups is 1. The molecule has 198 valence electrons. The number of hydrogen-bond acceptors (Lipinski definition) is 7. The molecule has 4 atom stereocenters. The molecule has 1 aliphatic heterocycles. The Morgan fingerprint density at radius 2 is 1.92 bits per heavy atom. The van der Waals surface area contributed by atoms with Crippen molar-refractivity contribution in [1.82, 2.24) is 4.90 Å². The van der Waals surface area contributed by atoms with Gasteiger partial charge < -0.3 is 14.6 Å². The topological polar surface area (TPSA) is 119 Å². The van der Waals surface area contributed by atoms with Gasteiger partial charge in [-0.25, -0.2) is 9.59 Å². The first-order chi connectivity index (χ1) is 16.8. The van der Waals surface area contributed by atoms with Crippen molar-refractivity contribution < 1.29 is 29.1 Å². The second kappa shape index (κ2) is 10.9. The maximum absolute atomic E-state index is 13.7. The fourth-order valence-corrected chi connectivity index (χ4v) is 5.16. The Morgan fingerprint density at radius 1 is 1.22 bits per heavy atom. The summed E-state index contributed by atoms with van der Waals surface area (Å²) >= 11 is 0. The van der Waals surface area contributed by atoms with Crippen molar-refractivity contribution >= 4 is 17.7 Å². The Morgan fingerprint density at radius 3 is 2.53 bits per heavy atom. The Labute approximate surface area is 212 Å². The molecule has 1 N–H and O–H groups in total. The molecule has 1 fully saturated rings. The molecule has 0 aromatic heterocycles. The van der Waals surface area contributed by atoms with Crippen molar-refractivity contribution in [3.8, 4) is 0 Å². The van der Waals surface area contributed by atoms with Gasteiger partial charge in [-0.3, -0.25) is 15.0 Å². The van der Waals surface area contributed by atoms with Crippen molar-refractivity contribution in [2.24, 2.45) is 17.8 Å². The highest BCUT2D eigenvalue weighted by Gasteiger charge is 2.42. The molecule has 1 aromatic rings. The molecule has 1 aliphatic carbocycles. The number of ether oxygens (including phenoxy) is 2. The van der Waals surface area contributed by atoms with Crippen LogP contribution < -0.4 is 0 Å². The molecule has 36 heavy (non-hydrogen) atoms.